The molecule has 4 nitrogen and oxygen atoms in total. The summed E-state index contributed by atoms with van der Waals surface area (Å²) in [6, 6.07) is 14.3. The minimum atomic E-state index is 0.479. The molecular formula is C22H25N3OS. The number of hydrogen-bond acceptors (Lipinski definition) is 5. The summed E-state index contributed by atoms with van der Waals surface area (Å²) < 4.78 is 5.85. The van der Waals surface area contributed by atoms with Gasteiger partial charge in [-0.15, -0.1) is 11.3 Å². The molecule has 0 aliphatic rings. The lowest BCUT2D eigenvalue weighted by atomic mass is 10.1. The number of aromatic nitrogens is 1. The first-order chi connectivity index (χ1) is 13.0. The summed E-state index contributed by atoms with van der Waals surface area (Å²) >= 11 is 1.54. The number of benzene rings is 2. The third kappa shape index (κ3) is 5.17. The molecule has 3 rings (SSSR count). The fraction of sp³-hybridized carbons (Fsp3) is 0.273. The van der Waals surface area contributed by atoms with E-state index in [0.29, 0.717) is 12.5 Å². The average molecular weight is 380 g/mol. The number of aryl methyl sites for hydroxylation is 2. The van der Waals surface area contributed by atoms with Crippen LogP contribution in [0.1, 0.15) is 30.5 Å². The van der Waals surface area contributed by atoms with Crippen LogP contribution in [-0.2, 0) is 0 Å². The SMILES string of the molecule is Cc1ccc(-c2csc(N/N=C\c3ccccc3OCC(C)C)n2)cc1C. The van der Waals surface area contributed by atoms with Crippen molar-refractivity contribution in [3.05, 3.63) is 64.5 Å². The van der Waals surface area contributed by atoms with Crippen LogP contribution < -0.4 is 10.2 Å². The van der Waals surface area contributed by atoms with E-state index in [2.05, 4.69) is 61.4 Å². The van der Waals surface area contributed by atoms with Crippen LogP contribution in [-0.4, -0.2) is 17.8 Å². The van der Waals surface area contributed by atoms with E-state index in [4.69, 9.17) is 4.74 Å². The summed E-state index contributed by atoms with van der Waals surface area (Å²) in [5, 5.41) is 7.14. The van der Waals surface area contributed by atoms with Gasteiger partial charge in [0.05, 0.1) is 18.5 Å². The molecule has 0 fully saturated rings. The molecule has 0 aliphatic carbocycles. The number of ether oxygens (including phenoxy) is 1. The van der Waals surface area contributed by atoms with Crippen molar-refractivity contribution in [2.45, 2.75) is 27.7 Å². The van der Waals surface area contributed by atoms with E-state index < -0.39 is 0 Å². The highest BCUT2D eigenvalue weighted by molar-refractivity contribution is 7.14. The van der Waals surface area contributed by atoms with E-state index in [1.807, 2.05) is 29.6 Å². The molecule has 3 aromatic rings. The van der Waals surface area contributed by atoms with Crippen molar-refractivity contribution in [2.24, 2.45) is 11.0 Å². The molecule has 1 aromatic heterocycles. The predicted octanol–water partition coefficient (Wildman–Crippen LogP) is 5.91. The molecule has 0 atom stereocenters. The highest BCUT2D eigenvalue weighted by Gasteiger charge is 2.06. The number of hydrazone groups is 1. The maximum absolute atomic E-state index is 5.85. The van der Waals surface area contributed by atoms with Gasteiger partial charge in [-0.05, 0) is 49.1 Å². The molecule has 0 amide bonds. The van der Waals surface area contributed by atoms with Gasteiger partial charge in [-0.25, -0.2) is 4.98 Å². The Balaban J connectivity index is 1.67. The van der Waals surface area contributed by atoms with E-state index in [1.54, 1.807) is 17.6 Å². The standard InChI is InChI=1S/C22H25N3OS/c1-15(2)13-26-21-8-6-5-7-19(21)12-23-25-22-24-20(14-27-22)18-10-9-16(3)17(4)11-18/h5-12,14-15H,13H2,1-4H3,(H,24,25)/b23-12-. The van der Waals surface area contributed by atoms with Gasteiger partial charge in [0.15, 0.2) is 0 Å². The second-order valence-corrected chi connectivity index (χ2v) is 7.81. The molecule has 5 heteroatoms. The van der Waals surface area contributed by atoms with E-state index in [0.717, 1.165) is 27.7 Å². The van der Waals surface area contributed by atoms with Crippen molar-refractivity contribution >= 4 is 22.7 Å². The number of rotatable bonds is 7. The van der Waals surface area contributed by atoms with Gasteiger partial charge in [0.2, 0.25) is 5.13 Å². The molecule has 1 N–H and O–H groups in total. The van der Waals surface area contributed by atoms with Gasteiger partial charge in [0.25, 0.3) is 0 Å². The molecule has 0 saturated carbocycles. The molecule has 0 spiro atoms. The molecule has 140 valence electrons. The monoisotopic (exact) mass is 379 g/mol. The molecule has 0 aliphatic heterocycles. The zero-order chi connectivity index (χ0) is 19.2. The Morgan fingerprint density at radius 3 is 2.74 bits per heavy atom. The normalized spacial score (nSPS) is 11.3. The number of anilines is 1. The Hall–Kier alpha value is -2.66. The molecule has 27 heavy (non-hydrogen) atoms. The van der Waals surface area contributed by atoms with Crippen molar-refractivity contribution in [2.75, 3.05) is 12.0 Å². The van der Waals surface area contributed by atoms with Crippen molar-refractivity contribution < 1.29 is 4.74 Å². The van der Waals surface area contributed by atoms with E-state index in [-0.39, 0.29) is 0 Å². The number of para-hydroxylation sites is 1. The number of hydrogen-bond donors (Lipinski definition) is 1. The summed E-state index contributed by atoms with van der Waals surface area (Å²) in [6.45, 7) is 9.18. The van der Waals surface area contributed by atoms with E-state index >= 15 is 0 Å². The lowest BCUT2D eigenvalue weighted by Crippen LogP contribution is -2.06. The van der Waals surface area contributed by atoms with Crippen LogP contribution in [0.5, 0.6) is 5.75 Å². The average Bonchev–Trinajstić information content (AvgIpc) is 3.12. The Morgan fingerprint density at radius 2 is 1.96 bits per heavy atom. The van der Waals surface area contributed by atoms with Crippen LogP contribution >= 0.6 is 11.3 Å². The van der Waals surface area contributed by atoms with Crippen molar-refractivity contribution in [1.82, 2.24) is 4.98 Å². The molecule has 0 radical (unpaired) electrons. The fourth-order valence-electron chi connectivity index (χ4n) is 2.49. The topological polar surface area (TPSA) is 46.5 Å². The van der Waals surface area contributed by atoms with E-state index in [1.165, 1.54) is 11.1 Å². The smallest absolute Gasteiger partial charge is 0.203 e. The Morgan fingerprint density at radius 1 is 1.15 bits per heavy atom. The van der Waals surface area contributed by atoms with Crippen molar-refractivity contribution in [3.63, 3.8) is 0 Å². The summed E-state index contributed by atoms with van der Waals surface area (Å²) in [4.78, 5) is 4.63. The second-order valence-electron chi connectivity index (χ2n) is 6.95. The quantitative estimate of drug-likeness (QED) is 0.410. The maximum Gasteiger partial charge on any atom is 0.203 e. The first-order valence-corrected chi connectivity index (χ1v) is 9.95. The number of nitrogens with one attached hydrogen (secondary N) is 1. The van der Waals surface area contributed by atoms with Gasteiger partial charge in [-0.3, -0.25) is 5.43 Å². The molecule has 0 bridgehead atoms. The van der Waals surface area contributed by atoms with Gasteiger partial charge >= 0.3 is 0 Å². The lowest BCUT2D eigenvalue weighted by Gasteiger charge is -2.10. The van der Waals surface area contributed by atoms with Gasteiger partial charge in [-0.1, -0.05) is 38.1 Å². The zero-order valence-electron chi connectivity index (χ0n) is 16.2. The molecule has 2 aromatic carbocycles. The summed E-state index contributed by atoms with van der Waals surface area (Å²) in [7, 11) is 0. The van der Waals surface area contributed by atoms with Crippen molar-refractivity contribution in [1.29, 1.82) is 0 Å². The van der Waals surface area contributed by atoms with Crippen LogP contribution in [0.25, 0.3) is 11.3 Å². The van der Waals surface area contributed by atoms with Crippen molar-refractivity contribution in [3.8, 4) is 17.0 Å². The minimum Gasteiger partial charge on any atom is -0.493 e. The summed E-state index contributed by atoms with van der Waals surface area (Å²) in [6.07, 6.45) is 1.77. The fourth-order valence-corrected chi connectivity index (χ4v) is 3.16. The van der Waals surface area contributed by atoms with Crippen LogP contribution in [0.4, 0.5) is 5.13 Å². The number of thiazole rings is 1. The van der Waals surface area contributed by atoms with E-state index in [9.17, 15) is 0 Å². The molecule has 0 saturated heterocycles. The van der Waals surface area contributed by atoms with Gasteiger partial charge in [0.1, 0.15) is 5.75 Å². The first kappa shape index (κ1) is 19.1. The maximum atomic E-state index is 5.85. The van der Waals surface area contributed by atoms with Crippen LogP contribution in [0, 0.1) is 19.8 Å². The largest absolute Gasteiger partial charge is 0.493 e. The third-order valence-corrected chi connectivity index (χ3v) is 4.91. The Kier molecular flexibility index (Phi) is 6.24. The third-order valence-electron chi connectivity index (χ3n) is 4.16. The molecule has 1 heterocycles. The summed E-state index contributed by atoms with van der Waals surface area (Å²) in [5.41, 5.74) is 8.60. The Bertz CT molecular complexity index is 931. The molecular weight excluding hydrogens is 354 g/mol. The summed E-state index contributed by atoms with van der Waals surface area (Å²) in [5.74, 6) is 1.32. The van der Waals surface area contributed by atoms with Gasteiger partial charge < -0.3 is 4.74 Å². The number of nitrogens with zero attached hydrogens (tertiary/aromatic N) is 2. The Labute approximate surface area is 164 Å². The first-order valence-electron chi connectivity index (χ1n) is 9.07. The second kappa shape index (κ2) is 8.82. The molecule has 0 unspecified atom stereocenters. The van der Waals surface area contributed by atoms with Crippen LogP contribution in [0.15, 0.2) is 52.9 Å². The predicted molar refractivity (Wildman–Crippen MR) is 115 cm³/mol. The van der Waals surface area contributed by atoms with Gasteiger partial charge in [0, 0.05) is 16.5 Å². The minimum absolute atomic E-state index is 0.479. The van der Waals surface area contributed by atoms with Gasteiger partial charge in [-0.2, -0.15) is 5.10 Å². The highest BCUT2D eigenvalue weighted by Crippen LogP contribution is 2.26. The lowest BCUT2D eigenvalue weighted by molar-refractivity contribution is 0.271. The highest BCUT2D eigenvalue weighted by atomic mass is 32.1. The van der Waals surface area contributed by atoms with Crippen LogP contribution in [0.3, 0.4) is 0 Å². The zero-order valence-corrected chi connectivity index (χ0v) is 17.0. The van der Waals surface area contributed by atoms with Crippen LogP contribution in [0.2, 0.25) is 0 Å².